The van der Waals surface area contributed by atoms with Gasteiger partial charge >= 0.3 is 0 Å². The first-order valence-corrected chi connectivity index (χ1v) is 13.7. The number of fused-ring (bicyclic) bond motifs is 3. The Hall–Kier alpha value is -3.39. The molecule has 36 heavy (non-hydrogen) atoms. The highest BCUT2D eigenvalue weighted by Gasteiger charge is 2.58. The fraction of sp³-hybridized carbons (Fsp3) is 0.324. The molecule has 0 spiro atoms. The molecule has 0 aliphatic heterocycles. The van der Waals surface area contributed by atoms with E-state index in [1.54, 1.807) is 0 Å². The van der Waals surface area contributed by atoms with Crippen molar-refractivity contribution >= 4 is 21.8 Å². The van der Waals surface area contributed by atoms with E-state index in [1.165, 1.54) is 70.6 Å². The minimum Gasteiger partial charge on any atom is -0.294 e. The molecular formula is C34H32N2. The van der Waals surface area contributed by atoms with Crippen LogP contribution >= 0.6 is 0 Å². The Morgan fingerprint density at radius 1 is 0.667 bits per heavy atom. The molecule has 0 radical (unpaired) electrons. The molecule has 0 N–H and O–H groups in total. The lowest BCUT2D eigenvalue weighted by Crippen LogP contribution is -2.56. The second kappa shape index (κ2) is 7.56. The van der Waals surface area contributed by atoms with Gasteiger partial charge in [-0.1, -0.05) is 60.7 Å². The predicted octanol–water partition coefficient (Wildman–Crippen LogP) is 8.23. The van der Waals surface area contributed by atoms with Crippen molar-refractivity contribution in [1.82, 2.24) is 9.55 Å². The molecule has 0 unspecified atom stereocenters. The Morgan fingerprint density at radius 3 is 2.14 bits per heavy atom. The van der Waals surface area contributed by atoms with E-state index in [2.05, 4.69) is 103 Å². The molecule has 4 bridgehead atoms. The van der Waals surface area contributed by atoms with Gasteiger partial charge in [-0.05, 0) is 104 Å². The lowest BCUT2D eigenvalue weighted by Gasteiger charge is -2.62. The topological polar surface area (TPSA) is 17.8 Å². The van der Waals surface area contributed by atoms with Crippen molar-refractivity contribution in [1.29, 1.82) is 0 Å². The van der Waals surface area contributed by atoms with Crippen LogP contribution in [0, 0.1) is 30.6 Å². The zero-order valence-corrected chi connectivity index (χ0v) is 20.9. The minimum atomic E-state index is 0.0983. The lowest BCUT2D eigenvalue weighted by molar-refractivity contribution is -0.0418. The van der Waals surface area contributed by atoms with Crippen molar-refractivity contribution in [3.63, 3.8) is 0 Å². The van der Waals surface area contributed by atoms with E-state index in [9.17, 15) is 0 Å². The molecule has 2 heterocycles. The zero-order valence-electron chi connectivity index (χ0n) is 20.9. The standard InChI is InChI=1S/C34H32N2/c1-22-11-12-30-29-9-5-6-10-31(29)36(32(30)15-22)33-21-26(13-14-35-33)34(25-7-3-2-4-8-25)27-17-23-16-24(19-27)20-28(34)18-23/h2-15,21,23-24,27-28H,16-20H2,1H3. The average molecular weight is 469 g/mol. The summed E-state index contributed by atoms with van der Waals surface area (Å²) >= 11 is 0. The lowest BCUT2D eigenvalue weighted by atomic mass is 9.42. The number of pyridine rings is 1. The van der Waals surface area contributed by atoms with Gasteiger partial charge in [-0.2, -0.15) is 0 Å². The van der Waals surface area contributed by atoms with Crippen molar-refractivity contribution in [2.45, 2.75) is 44.4 Å². The van der Waals surface area contributed by atoms with Crippen LogP contribution in [0.3, 0.4) is 0 Å². The highest BCUT2D eigenvalue weighted by molar-refractivity contribution is 6.09. The van der Waals surface area contributed by atoms with Gasteiger partial charge in [0.15, 0.2) is 0 Å². The Kier molecular flexibility index (Phi) is 4.36. The van der Waals surface area contributed by atoms with Gasteiger partial charge in [0, 0.05) is 22.4 Å². The molecule has 0 amide bonds. The van der Waals surface area contributed by atoms with E-state index in [0.717, 1.165) is 29.5 Å². The summed E-state index contributed by atoms with van der Waals surface area (Å²) in [7, 11) is 0. The SMILES string of the molecule is Cc1ccc2c3ccccc3n(-c3cc(C4(c5ccccc5)C5CC6CC(C5)CC4C6)ccn3)c2c1. The third-order valence-electron chi connectivity index (χ3n) is 9.96. The first-order valence-electron chi connectivity index (χ1n) is 13.7. The summed E-state index contributed by atoms with van der Waals surface area (Å²) in [6, 6.07) is 31.9. The number of benzene rings is 3. The molecule has 3 aromatic carbocycles. The highest BCUT2D eigenvalue weighted by Crippen LogP contribution is 2.65. The van der Waals surface area contributed by atoms with Crippen molar-refractivity contribution in [2.75, 3.05) is 0 Å². The average Bonchev–Trinajstić information content (AvgIpc) is 3.22. The molecule has 0 saturated heterocycles. The van der Waals surface area contributed by atoms with Gasteiger partial charge in [-0.25, -0.2) is 4.98 Å². The normalized spacial score (nSPS) is 28.8. The first kappa shape index (κ1) is 20.8. The Morgan fingerprint density at radius 2 is 1.36 bits per heavy atom. The van der Waals surface area contributed by atoms with E-state index in [4.69, 9.17) is 4.98 Å². The number of hydrogen-bond donors (Lipinski definition) is 0. The number of rotatable bonds is 3. The number of aryl methyl sites for hydroxylation is 1. The molecule has 2 aromatic heterocycles. The Bertz CT molecular complexity index is 1580. The Balaban J connectivity index is 1.39. The van der Waals surface area contributed by atoms with Crippen LogP contribution in [0.1, 0.15) is 48.8 Å². The van der Waals surface area contributed by atoms with E-state index >= 15 is 0 Å². The quantitative estimate of drug-likeness (QED) is 0.261. The summed E-state index contributed by atoms with van der Waals surface area (Å²) in [5.74, 6) is 4.38. The fourth-order valence-corrected chi connectivity index (χ4v) is 8.88. The third-order valence-corrected chi connectivity index (χ3v) is 9.96. The van der Waals surface area contributed by atoms with E-state index in [-0.39, 0.29) is 5.41 Å². The van der Waals surface area contributed by atoms with Crippen molar-refractivity contribution in [3.8, 4) is 5.82 Å². The van der Waals surface area contributed by atoms with Crippen LogP contribution in [0.2, 0.25) is 0 Å². The van der Waals surface area contributed by atoms with Crippen LogP contribution in [0.4, 0.5) is 0 Å². The minimum absolute atomic E-state index is 0.0983. The number of aromatic nitrogens is 2. The molecule has 4 aliphatic rings. The molecule has 178 valence electrons. The van der Waals surface area contributed by atoms with Crippen molar-refractivity contribution in [2.24, 2.45) is 23.7 Å². The fourth-order valence-electron chi connectivity index (χ4n) is 8.88. The number of para-hydroxylation sites is 1. The second-order valence-corrected chi connectivity index (χ2v) is 11.8. The summed E-state index contributed by atoms with van der Waals surface area (Å²) in [6.07, 6.45) is 9.08. The molecule has 5 aromatic rings. The van der Waals surface area contributed by atoms with Gasteiger partial charge < -0.3 is 0 Å². The van der Waals surface area contributed by atoms with Crippen LogP contribution in [-0.2, 0) is 5.41 Å². The first-order chi connectivity index (χ1) is 17.7. The summed E-state index contributed by atoms with van der Waals surface area (Å²) in [4.78, 5) is 5.01. The van der Waals surface area contributed by atoms with Gasteiger partial charge in [-0.15, -0.1) is 0 Å². The number of nitrogens with zero attached hydrogens (tertiary/aromatic N) is 2. The van der Waals surface area contributed by atoms with E-state index < -0.39 is 0 Å². The summed E-state index contributed by atoms with van der Waals surface area (Å²) in [5.41, 5.74) is 6.87. The molecule has 4 aliphatic carbocycles. The largest absolute Gasteiger partial charge is 0.294 e. The molecule has 4 saturated carbocycles. The zero-order chi connectivity index (χ0) is 23.9. The summed E-state index contributed by atoms with van der Waals surface area (Å²) < 4.78 is 2.40. The molecule has 2 heteroatoms. The number of hydrogen-bond acceptors (Lipinski definition) is 1. The van der Waals surface area contributed by atoms with Crippen molar-refractivity contribution in [3.05, 3.63) is 108 Å². The van der Waals surface area contributed by atoms with E-state index in [0.29, 0.717) is 0 Å². The summed E-state index contributed by atoms with van der Waals surface area (Å²) in [5, 5.41) is 2.60. The maximum absolute atomic E-state index is 5.01. The smallest absolute Gasteiger partial charge is 0.137 e. The molecule has 9 rings (SSSR count). The monoisotopic (exact) mass is 468 g/mol. The third kappa shape index (κ3) is 2.76. The summed E-state index contributed by atoms with van der Waals surface area (Å²) in [6.45, 7) is 2.18. The second-order valence-electron chi connectivity index (χ2n) is 11.8. The van der Waals surface area contributed by atoms with Gasteiger partial charge in [0.1, 0.15) is 5.82 Å². The van der Waals surface area contributed by atoms with Crippen LogP contribution in [0.25, 0.3) is 27.6 Å². The van der Waals surface area contributed by atoms with E-state index in [1.807, 2.05) is 0 Å². The van der Waals surface area contributed by atoms with Crippen LogP contribution in [-0.4, -0.2) is 9.55 Å². The van der Waals surface area contributed by atoms with Gasteiger partial charge in [-0.3, -0.25) is 4.57 Å². The predicted molar refractivity (Wildman–Crippen MR) is 148 cm³/mol. The van der Waals surface area contributed by atoms with Crippen LogP contribution in [0.15, 0.2) is 91.1 Å². The molecule has 4 fully saturated rings. The molecular weight excluding hydrogens is 436 g/mol. The van der Waals surface area contributed by atoms with Crippen molar-refractivity contribution < 1.29 is 0 Å². The highest BCUT2D eigenvalue weighted by atomic mass is 15.1. The maximum Gasteiger partial charge on any atom is 0.137 e. The van der Waals surface area contributed by atoms with Gasteiger partial charge in [0.05, 0.1) is 11.0 Å². The molecule has 2 nitrogen and oxygen atoms in total. The maximum atomic E-state index is 5.01. The van der Waals surface area contributed by atoms with Crippen LogP contribution < -0.4 is 0 Å². The molecule has 0 atom stereocenters. The van der Waals surface area contributed by atoms with Crippen LogP contribution in [0.5, 0.6) is 0 Å². The van der Waals surface area contributed by atoms with Gasteiger partial charge in [0.2, 0.25) is 0 Å². The Labute approximate surface area is 213 Å². The van der Waals surface area contributed by atoms with Gasteiger partial charge in [0.25, 0.3) is 0 Å².